The number of nitrogens with zero attached hydrogens (tertiary/aromatic N) is 3. The van der Waals surface area contributed by atoms with Crippen molar-refractivity contribution in [3.05, 3.63) is 48.4 Å². The predicted molar refractivity (Wildman–Crippen MR) is 125 cm³/mol. The van der Waals surface area contributed by atoms with Crippen LogP contribution in [0.4, 0.5) is 11.5 Å². The summed E-state index contributed by atoms with van der Waals surface area (Å²) < 4.78 is 10.9. The van der Waals surface area contributed by atoms with Gasteiger partial charge in [-0.25, -0.2) is 4.98 Å². The highest BCUT2D eigenvalue weighted by molar-refractivity contribution is 5.99. The monoisotopic (exact) mass is 434 g/mol. The van der Waals surface area contributed by atoms with Crippen LogP contribution < -0.4 is 10.1 Å². The molecule has 0 unspecified atom stereocenters. The van der Waals surface area contributed by atoms with Crippen LogP contribution >= 0.6 is 0 Å². The number of rotatable bonds is 5. The molecule has 1 amide bonds. The number of carbonyl (C=O) groups is 1. The molecular weight excluding hydrogens is 404 g/mol. The average molecular weight is 435 g/mol. The van der Waals surface area contributed by atoms with Crippen LogP contribution in [-0.4, -0.2) is 60.0 Å². The summed E-state index contributed by atoms with van der Waals surface area (Å²) in [5, 5.41) is 4.17. The third kappa shape index (κ3) is 4.30. The molecule has 1 aliphatic carbocycles. The first-order valence-electron chi connectivity index (χ1n) is 11.5. The Labute approximate surface area is 188 Å². The van der Waals surface area contributed by atoms with E-state index < -0.39 is 0 Å². The van der Waals surface area contributed by atoms with Crippen molar-refractivity contribution in [1.82, 2.24) is 14.8 Å². The van der Waals surface area contributed by atoms with Crippen molar-refractivity contribution in [2.45, 2.75) is 38.1 Å². The Bertz CT molecular complexity index is 1060. The fraction of sp³-hybridized carbons (Fsp3) is 0.440. The molecule has 168 valence electrons. The first-order valence-corrected chi connectivity index (χ1v) is 11.5. The second-order valence-electron chi connectivity index (χ2n) is 8.66. The number of fused-ring (bicyclic) bond motifs is 1. The number of pyridine rings is 1. The third-order valence-corrected chi connectivity index (χ3v) is 6.71. The molecule has 0 spiro atoms. The molecule has 1 saturated heterocycles. The fourth-order valence-electron chi connectivity index (χ4n) is 4.88. The minimum absolute atomic E-state index is 0.0376. The van der Waals surface area contributed by atoms with E-state index in [1.807, 2.05) is 35.2 Å². The summed E-state index contributed by atoms with van der Waals surface area (Å²) in [5.41, 5.74) is 1.93. The summed E-state index contributed by atoms with van der Waals surface area (Å²) >= 11 is 0. The molecule has 0 radical (unpaired) electrons. The van der Waals surface area contributed by atoms with Crippen molar-refractivity contribution < 1.29 is 13.9 Å². The lowest BCUT2D eigenvalue weighted by Crippen LogP contribution is -2.52. The standard InChI is InChI=1S/C25H30N4O3/c1-31-20-9-7-18(8-10-20)26-24-21-11-16-32-23(21)17-22(27-24)25(30)29-14-12-28(13-15-29)19-5-3-2-4-6-19/h7-11,16-17,19H,2-6,12-15H2,1H3,(H,26,27). The van der Waals surface area contributed by atoms with E-state index in [9.17, 15) is 4.79 Å². The van der Waals surface area contributed by atoms with Gasteiger partial charge in [0, 0.05) is 44.0 Å². The maximum Gasteiger partial charge on any atom is 0.272 e. The van der Waals surface area contributed by atoms with Crippen molar-refractivity contribution in [2.24, 2.45) is 0 Å². The minimum atomic E-state index is -0.0376. The molecule has 3 aromatic rings. The number of furan rings is 1. The van der Waals surface area contributed by atoms with Gasteiger partial charge in [0.15, 0.2) is 0 Å². The van der Waals surface area contributed by atoms with E-state index in [1.54, 1.807) is 19.4 Å². The molecule has 2 aromatic heterocycles. The maximum atomic E-state index is 13.3. The van der Waals surface area contributed by atoms with E-state index in [2.05, 4.69) is 15.2 Å². The molecule has 32 heavy (non-hydrogen) atoms. The van der Waals surface area contributed by atoms with Crippen LogP contribution in [0.15, 0.2) is 47.1 Å². The molecule has 2 fully saturated rings. The summed E-state index contributed by atoms with van der Waals surface area (Å²) in [7, 11) is 1.64. The number of carbonyl (C=O) groups excluding carboxylic acids is 1. The number of methoxy groups -OCH3 is 1. The molecule has 3 heterocycles. The zero-order valence-electron chi connectivity index (χ0n) is 18.5. The molecular formula is C25H30N4O3. The zero-order valence-corrected chi connectivity index (χ0v) is 18.5. The number of ether oxygens (including phenoxy) is 1. The van der Waals surface area contributed by atoms with E-state index in [1.165, 1.54) is 32.1 Å². The largest absolute Gasteiger partial charge is 0.497 e. The van der Waals surface area contributed by atoms with Crippen LogP contribution in [-0.2, 0) is 0 Å². The SMILES string of the molecule is COc1ccc(Nc2nc(C(=O)N3CCN(C4CCCCC4)CC3)cc3occc23)cc1. The average Bonchev–Trinajstić information content (AvgIpc) is 3.34. The first kappa shape index (κ1) is 20.8. The highest BCUT2D eigenvalue weighted by atomic mass is 16.5. The van der Waals surface area contributed by atoms with Crippen LogP contribution in [0, 0.1) is 0 Å². The van der Waals surface area contributed by atoms with E-state index in [4.69, 9.17) is 9.15 Å². The molecule has 2 aliphatic rings. The molecule has 0 bridgehead atoms. The van der Waals surface area contributed by atoms with Gasteiger partial charge in [0.2, 0.25) is 0 Å². The highest BCUT2D eigenvalue weighted by Gasteiger charge is 2.28. The topological polar surface area (TPSA) is 70.8 Å². The fourth-order valence-corrected chi connectivity index (χ4v) is 4.88. The zero-order chi connectivity index (χ0) is 21.9. The Morgan fingerprint density at radius 3 is 2.53 bits per heavy atom. The Kier molecular flexibility index (Phi) is 5.99. The number of amides is 1. The molecule has 5 rings (SSSR count). The van der Waals surface area contributed by atoms with Crippen LogP contribution in [0.5, 0.6) is 5.75 Å². The van der Waals surface area contributed by atoms with E-state index in [0.29, 0.717) is 23.1 Å². The van der Waals surface area contributed by atoms with Gasteiger partial charge in [-0.3, -0.25) is 9.69 Å². The number of hydrogen-bond acceptors (Lipinski definition) is 6. The lowest BCUT2D eigenvalue weighted by atomic mass is 9.94. The lowest BCUT2D eigenvalue weighted by molar-refractivity contribution is 0.0518. The molecule has 0 atom stereocenters. The van der Waals surface area contributed by atoms with Crippen molar-refractivity contribution in [1.29, 1.82) is 0 Å². The van der Waals surface area contributed by atoms with E-state index in [-0.39, 0.29) is 5.91 Å². The van der Waals surface area contributed by atoms with Gasteiger partial charge >= 0.3 is 0 Å². The highest BCUT2D eigenvalue weighted by Crippen LogP contribution is 2.28. The molecule has 1 aromatic carbocycles. The van der Waals surface area contributed by atoms with Gasteiger partial charge in [-0.15, -0.1) is 0 Å². The second-order valence-corrected chi connectivity index (χ2v) is 8.66. The van der Waals surface area contributed by atoms with Crippen LogP contribution in [0.3, 0.4) is 0 Å². The lowest BCUT2D eigenvalue weighted by Gasteiger charge is -2.40. The summed E-state index contributed by atoms with van der Waals surface area (Å²) in [5.74, 6) is 1.36. The Hall–Kier alpha value is -3.06. The molecule has 1 N–H and O–H groups in total. The van der Waals surface area contributed by atoms with Crippen molar-refractivity contribution in [3.63, 3.8) is 0 Å². The van der Waals surface area contributed by atoms with Crippen LogP contribution in [0.2, 0.25) is 0 Å². The van der Waals surface area contributed by atoms with Crippen molar-refractivity contribution in [2.75, 3.05) is 38.6 Å². The van der Waals surface area contributed by atoms with Crippen molar-refractivity contribution >= 4 is 28.4 Å². The summed E-state index contributed by atoms with van der Waals surface area (Å²) in [6, 6.07) is 11.9. The Balaban J connectivity index is 1.32. The van der Waals surface area contributed by atoms with Crippen LogP contribution in [0.25, 0.3) is 11.0 Å². The van der Waals surface area contributed by atoms with E-state index in [0.717, 1.165) is 43.0 Å². The number of benzene rings is 1. The Morgan fingerprint density at radius 1 is 1.06 bits per heavy atom. The molecule has 7 heteroatoms. The first-order chi connectivity index (χ1) is 15.7. The van der Waals surface area contributed by atoms with Gasteiger partial charge in [-0.05, 0) is 43.2 Å². The molecule has 1 saturated carbocycles. The van der Waals surface area contributed by atoms with Gasteiger partial charge in [0.25, 0.3) is 5.91 Å². The van der Waals surface area contributed by atoms with E-state index >= 15 is 0 Å². The number of nitrogens with one attached hydrogen (secondary N) is 1. The van der Waals surface area contributed by atoms with Crippen molar-refractivity contribution in [3.8, 4) is 5.75 Å². The van der Waals surface area contributed by atoms with Gasteiger partial charge in [-0.1, -0.05) is 19.3 Å². The summed E-state index contributed by atoms with van der Waals surface area (Å²) in [6.45, 7) is 3.37. The second kappa shape index (κ2) is 9.20. The predicted octanol–water partition coefficient (Wildman–Crippen LogP) is 4.67. The maximum absolute atomic E-state index is 13.3. The summed E-state index contributed by atoms with van der Waals surface area (Å²) in [6.07, 6.45) is 8.25. The number of anilines is 2. The summed E-state index contributed by atoms with van der Waals surface area (Å²) in [4.78, 5) is 22.5. The smallest absolute Gasteiger partial charge is 0.272 e. The molecule has 7 nitrogen and oxygen atoms in total. The minimum Gasteiger partial charge on any atom is -0.497 e. The number of piperazine rings is 1. The van der Waals surface area contributed by atoms with Gasteiger partial charge in [-0.2, -0.15) is 0 Å². The quantitative estimate of drug-likeness (QED) is 0.629. The van der Waals surface area contributed by atoms with Crippen LogP contribution in [0.1, 0.15) is 42.6 Å². The number of aromatic nitrogens is 1. The molecule has 1 aliphatic heterocycles. The van der Waals surface area contributed by atoms with Gasteiger partial charge < -0.3 is 19.4 Å². The number of hydrogen-bond donors (Lipinski definition) is 1. The van der Waals surface area contributed by atoms with Gasteiger partial charge in [0.05, 0.1) is 18.8 Å². The third-order valence-electron chi connectivity index (χ3n) is 6.71. The van der Waals surface area contributed by atoms with Gasteiger partial charge in [0.1, 0.15) is 22.8 Å². The normalized spacial score (nSPS) is 18.1. The Morgan fingerprint density at radius 2 is 1.81 bits per heavy atom.